The van der Waals surface area contributed by atoms with Crippen LogP contribution in [0.4, 0.5) is 4.79 Å². The zero-order valence-corrected chi connectivity index (χ0v) is 21.7. The van der Waals surface area contributed by atoms with Crippen molar-refractivity contribution in [3.05, 3.63) is 29.8 Å². The molecule has 0 aliphatic heterocycles. The van der Waals surface area contributed by atoms with Crippen LogP contribution in [0.15, 0.2) is 24.3 Å². The monoisotopic (exact) mass is 493 g/mol. The van der Waals surface area contributed by atoms with Crippen LogP contribution in [-0.2, 0) is 23.9 Å². The first kappa shape index (κ1) is 29.7. The van der Waals surface area contributed by atoms with Gasteiger partial charge in [-0.05, 0) is 54.0 Å². The van der Waals surface area contributed by atoms with Crippen LogP contribution >= 0.6 is 0 Å². The summed E-state index contributed by atoms with van der Waals surface area (Å²) in [7, 11) is 0. The van der Waals surface area contributed by atoms with E-state index in [1.54, 1.807) is 52.8 Å². The number of ether oxygens (including phenoxy) is 2. The van der Waals surface area contributed by atoms with E-state index in [0.29, 0.717) is 6.42 Å². The fraction of sp³-hybridized carbons (Fsp3) is 0.600. The van der Waals surface area contributed by atoms with Crippen molar-refractivity contribution in [3.63, 3.8) is 0 Å². The van der Waals surface area contributed by atoms with Crippen LogP contribution in [0.1, 0.15) is 72.9 Å². The number of phenolic OH excluding ortho intramolecular Hbond substituents is 1. The van der Waals surface area contributed by atoms with Crippen LogP contribution in [0.2, 0.25) is 0 Å². The highest BCUT2D eigenvalue weighted by Crippen LogP contribution is 2.31. The number of esters is 1. The number of amides is 3. The fourth-order valence-electron chi connectivity index (χ4n) is 3.32. The minimum absolute atomic E-state index is 0.00396. The molecule has 0 spiro atoms. The van der Waals surface area contributed by atoms with Gasteiger partial charge in [-0.15, -0.1) is 0 Å². The Morgan fingerprint density at radius 1 is 1.09 bits per heavy atom. The minimum Gasteiger partial charge on any atom is -0.508 e. The van der Waals surface area contributed by atoms with E-state index < -0.39 is 47.6 Å². The lowest BCUT2D eigenvalue weighted by molar-refractivity contribution is -0.145. The fourth-order valence-corrected chi connectivity index (χ4v) is 3.32. The lowest BCUT2D eigenvalue weighted by atomic mass is 9.99. The van der Waals surface area contributed by atoms with Crippen LogP contribution < -0.4 is 10.6 Å². The van der Waals surface area contributed by atoms with Gasteiger partial charge in [-0.3, -0.25) is 14.4 Å². The van der Waals surface area contributed by atoms with Crippen molar-refractivity contribution in [2.24, 2.45) is 0 Å². The highest BCUT2D eigenvalue weighted by Gasteiger charge is 2.38. The molecule has 0 fully saturated rings. The van der Waals surface area contributed by atoms with Crippen LogP contribution in [0.25, 0.3) is 0 Å². The van der Waals surface area contributed by atoms with Gasteiger partial charge >= 0.3 is 12.1 Å². The Morgan fingerprint density at radius 2 is 1.71 bits per heavy atom. The topological polar surface area (TPSA) is 134 Å². The molecule has 3 amide bonds. The predicted molar refractivity (Wildman–Crippen MR) is 131 cm³/mol. The third kappa shape index (κ3) is 9.46. The Labute approximate surface area is 207 Å². The first-order valence-corrected chi connectivity index (χ1v) is 11.8. The van der Waals surface area contributed by atoms with E-state index in [9.17, 15) is 24.3 Å². The number of carbonyl (C=O) groups excluding carboxylic acids is 4. The Kier molecular flexibility index (Phi) is 11.5. The molecule has 0 radical (unpaired) electrons. The SMILES string of the molecule is CCOC(=O)CCNC(=O)C(c1ccccc1O)N(C(=O)C(C)NC(=O)OC(C)(C)C)C(C)CC. The van der Waals surface area contributed by atoms with Crippen molar-refractivity contribution in [2.45, 2.75) is 85.0 Å². The molecule has 1 aromatic rings. The van der Waals surface area contributed by atoms with E-state index >= 15 is 0 Å². The molecule has 0 saturated heterocycles. The minimum atomic E-state index is -1.20. The third-order valence-corrected chi connectivity index (χ3v) is 5.12. The zero-order valence-electron chi connectivity index (χ0n) is 21.7. The summed E-state index contributed by atoms with van der Waals surface area (Å²) in [5.41, 5.74) is -0.528. The number of carbonyl (C=O) groups is 4. The second-order valence-corrected chi connectivity index (χ2v) is 9.18. The molecule has 1 rings (SSSR count). The molecule has 1 aromatic carbocycles. The number of aromatic hydroxyl groups is 1. The van der Waals surface area contributed by atoms with Crippen LogP contribution in [-0.4, -0.2) is 64.7 Å². The number of nitrogens with one attached hydrogen (secondary N) is 2. The lowest BCUT2D eigenvalue weighted by Gasteiger charge is -2.37. The predicted octanol–water partition coefficient (Wildman–Crippen LogP) is 3.04. The molecule has 0 aliphatic rings. The van der Waals surface area contributed by atoms with Gasteiger partial charge < -0.3 is 30.1 Å². The van der Waals surface area contributed by atoms with Gasteiger partial charge in [0, 0.05) is 18.2 Å². The van der Waals surface area contributed by atoms with Crippen molar-refractivity contribution in [2.75, 3.05) is 13.2 Å². The number of para-hydroxylation sites is 1. The summed E-state index contributed by atoms with van der Waals surface area (Å²) >= 11 is 0. The van der Waals surface area contributed by atoms with Crippen molar-refractivity contribution in [1.82, 2.24) is 15.5 Å². The number of benzene rings is 1. The number of rotatable bonds is 11. The molecule has 0 heterocycles. The van der Waals surface area contributed by atoms with Crippen molar-refractivity contribution in [1.29, 1.82) is 0 Å². The van der Waals surface area contributed by atoms with Crippen LogP contribution in [0.5, 0.6) is 5.75 Å². The van der Waals surface area contributed by atoms with Crippen LogP contribution in [0.3, 0.4) is 0 Å². The zero-order chi connectivity index (χ0) is 26.8. The van der Waals surface area contributed by atoms with Gasteiger partial charge in [0.25, 0.3) is 0 Å². The Balaban J connectivity index is 3.28. The van der Waals surface area contributed by atoms with Gasteiger partial charge in [-0.25, -0.2) is 4.79 Å². The van der Waals surface area contributed by atoms with Crippen molar-refractivity contribution < 1.29 is 33.8 Å². The van der Waals surface area contributed by atoms with E-state index in [1.807, 2.05) is 6.92 Å². The summed E-state index contributed by atoms with van der Waals surface area (Å²) < 4.78 is 10.1. The van der Waals surface area contributed by atoms with Gasteiger partial charge in [-0.2, -0.15) is 0 Å². The molecular formula is C25H39N3O7. The molecule has 0 bridgehead atoms. The molecule has 0 aromatic heterocycles. The normalized spacial score (nSPS) is 13.7. The maximum absolute atomic E-state index is 13.6. The second kappa shape index (κ2) is 13.6. The van der Waals surface area contributed by atoms with E-state index in [0.717, 1.165) is 0 Å². The lowest BCUT2D eigenvalue weighted by Crippen LogP contribution is -2.54. The van der Waals surface area contributed by atoms with Crippen LogP contribution in [0, 0.1) is 0 Å². The van der Waals surface area contributed by atoms with E-state index in [1.165, 1.54) is 17.9 Å². The summed E-state index contributed by atoms with van der Waals surface area (Å²) in [4.78, 5) is 52.2. The number of hydrogen-bond donors (Lipinski definition) is 3. The van der Waals surface area contributed by atoms with E-state index in [4.69, 9.17) is 9.47 Å². The van der Waals surface area contributed by atoms with Gasteiger partial charge in [0.15, 0.2) is 0 Å². The summed E-state index contributed by atoms with van der Waals surface area (Å²) in [6, 6.07) is 3.59. The molecule has 3 unspecified atom stereocenters. The second-order valence-electron chi connectivity index (χ2n) is 9.18. The number of alkyl carbamates (subject to hydrolysis) is 1. The molecule has 10 heteroatoms. The summed E-state index contributed by atoms with van der Waals surface area (Å²) in [6.07, 6.45) is -0.299. The van der Waals surface area contributed by atoms with Crippen molar-refractivity contribution in [3.8, 4) is 5.75 Å². The maximum Gasteiger partial charge on any atom is 0.408 e. The van der Waals surface area contributed by atoms with Crippen molar-refractivity contribution >= 4 is 23.9 Å². The molecule has 0 saturated carbocycles. The van der Waals surface area contributed by atoms with E-state index in [2.05, 4.69) is 10.6 Å². The molecule has 35 heavy (non-hydrogen) atoms. The number of nitrogens with zero attached hydrogens (tertiary/aromatic N) is 1. The maximum atomic E-state index is 13.6. The Morgan fingerprint density at radius 3 is 2.26 bits per heavy atom. The molecule has 3 atom stereocenters. The first-order valence-electron chi connectivity index (χ1n) is 11.8. The molecule has 3 N–H and O–H groups in total. The first-order chi connectivity index (χ1) is 16.3. The quantitative estimate of drug-likeness (QED) is 0.403. The van der Waals surface area contributed by atoms with Gasteiger partial charge in [0.2, 0.25) is 11.8 Å². The molecular weight excluding hydrogens is 454 g/mol. The summed E-state index contributed by atoms with van der Waals surface area (Å²) in [5, 5.41) is 15.7. The smallest absolute Gasteiger partial charge is 0.408 e. The molecule has 0 aliphatic carbocycles. The highest BCUT2D eigenvalue weighted by atomic mass is 16.6. The average molecular weight is 494 g/mol. The summed E-state index contributed by atoms with van der Waals surface area (Å²) in [5.74, 6) is -1.73. The average Bonchev–Trinajstić information content (AvgIpc) is 2.75. The van der Waals surface area contributed by atoms with E-state index in [-0.39, 0.29) is 30.9 Å². The summed E-state index contributed by atoms with van der Waals surface area (Å²) in [6.45, 7) is 12.2. The standard InChI is InChI=1S/C25H39N3O7/c1-8-16(3)28(23(32)17(4)27-24(33)35-25(5,6)7)21(18-12-10-11-13-19(18)29)22(31)26-15-14-20(30)34-9-2/h10-13,16-17,21,29H,8-9,14-15H2,1-7H3,(H,26,31)(H,27,33). The third-order valence-electron chi connectivity index (χ3n) is 5.12. The highest BCUT2D eigenvalue weighted by molar-refractivity contribution is 5.92. The van der Waals surface area contributed by atoms with Gasteiger partial charge in [0.05, 0.1) is 13.0 Å². The largest absolute Gasteiger partial charge is 0.508 e. The molecule has 196 valence electrons. The Bertz CT molecular complexity index is 882. The van der Waals surface area contributed by atoms with Gasteiger partial charge in [-0.1, -0.05) is 25.1 Å². The number of hydrogen-bond acceptors (Lipinski definition) is 7. The number of phenols is 1. The molecule has 10 nitrogen and oxygen atoms in total. The Hall–Kier alpha value is -3.30. The van der Waals surface area contributed by atoms with Gasteiger partial charge in [0.1, 0.15) is 23.4 Å².